The van der Waals surface area contributed by atoms with Gasteiger partial charge in [-0.1, -0.05) is 0 Å². The molecule has 5 nitrogen and oxygen atoms in total. The first-order valence-electron chi connectivity index (χ1n) is 7.25. The Morgan fingerprint density at radius 1 is 1.00 bits per heavy atom. The van der Waals surface area contributed by atoms with Gasteiger partial charge < -0.3 is 9.80 Å². The Hall–Kier alpha value is -2.27. The molecule has 3 rings (SSSR count). The van der Waals surface area contributed by atoms with Crippen LogP contribution in [0.2, 0.25) is 0 Å². The summed E-state index contributed by atoms with van der Waals surface area (Å²) < 4.78 is 0. The molecule has 21 heavy (non-hydrogen) atoms. The van der Waals surface area contributed by atoms with Gasteiger partial charge >= 0.3 is 0 Å². The third-order valence-electron chi connectivity index (χ3n) is 3.89. The quantitative estimate of drug-likeness (QED) is 0.864. The van der Waals surface area contributed by atoms with Crippen LogP contribution in [0.15, 0.2) is 49.1 Å². The molecule has 0 spiro atoms. The lowest BCUT2D eigenvalue weighted by molar-refractivity contribution is -0.917. The van der Waals surface area contributed by atoms with Crippen LogP contribution in [-0.4, -0.2) is 47.0 Å². The third-order valence-corrected chi connectivity index (χ3v) is 3.89. The largest absolute Gasteiger partial charge is 0.328 e. The molecule has 0 aliphatic carbocycles. The van der Waals surface area contributed by atoms with Crippen LogP contribution in [-0.2, 0) is 6.54 Å². The molecule has 2 aromatic rings. The van der Waals surface area contributed by atoms with E-state index < -0.39 is 0 Å². The van der Waals surface area contributed by atoms with Crippen molar-refractivity contribution in [2.45, 2.75) is 6.54 Å². The van der Waals surface area contributed by atoms with Crippen molar-refractivity contribution >= 4 is 5.91 Å². The average molecular weight is 283 g/mol. The zero-order valence-electron chi connectivity index (χ0n) is 11.9. The molecule has 1 aliphatic heterocycles. The molecule has 1 fully saturated rings. The Morgan fingerprint density at radius 3 is 2.19 bits per heavy atom. The van der Waals surface area contributed by atoms with E-state index in [0.29, 0.717) is 0 Å². The highest BCUT2D eigenvalue weighted by atomic mass is 16.2. The number of rotatable bonds is 3. The molecule has 0 atom stereocenters. The summed E-state index contributed by atoms with van der Waals surface area (Å²) in [5.41, 5.74) is 2.02. The first-order chi connectivity index (χ1) is 10.3. The third kappa shape index (κ3) is 3.44. The molecule has 0 aromatic carbocycles. The minimum Gasteiger partial charge on any atom is -0.328 e. The summed E-state index contributed by atoms with van der Waals surface area (Å²) in [6, 6.07) is 7.67. The molecule has 0 bridgehead atoms. The van der Waals surface area contributed by atoms with Gasteiger partial charge in [-0.25, -0.2) is 0 Å². The van der Waals surface area contributed by atoms with Crippen molar-refractivity contribution in [3.63, 3.8) is 0 Å². The Balaban J connectivity index is 1.54. The zero-order chi connectivity index (χ0) is 14.5. The van der Waals surface area contributed by atoms with Gasteiger partial charge in [0.05, 0.1) is 26.2 Å². The Kier molecular flexibility index (Phi) is 4.21. The summed E-state index contributed by atoms with van der Waals surface area (Å²) in [5, 5.41) is 0. The van der Waals surface area contributed by atoms with Gasteiger partial charge in [0.25, 0.3) is 5.91 Å². The maximum absolute atomic E-state index is 12.3. The summed E-state index contributed by atoms with van der Waals surface area (Å²) in [6.07, 6.45) is 6.99. The van der Waals surface area contributed by atoms with Crippen LogP contribution in [0.1, 0.15) is 15.9 Å². The van der Waals surface area contributed by atoms with Crippen LogP contribution in [0.25, 0.3) is 0 Å². The van der Waals surface area contributed by atoms with E-state index in [2.05, 4.69) is 22.1 Å². The molecule has 1 saturated heterocycles. The van der Waals surface area contributed by atoms with E-state index in [9.17, 15) is 4.79 Å². The van der Waals surface area contributed by atoms with E-state index in [-0.39, 0.29) is 5.91 Å². The Labute approximate surface area is 124 Å². The lowest BCUT2D eigenvalue weighted by atomic mass is 10.2. The van der Waals surface area contributed by atoms with Gasteiger partial charge in [-0.05, 0) is 24.3 Å². The van der Waals surface area contributed by atoms with E-state index in [4.69, 9.17) is 0 Å². The Morgan fingerprint density at radius 2 is 1.57 bits per heavy atom. The van der Waals surface area contributed by atoms with Gasteiger partial charge in [-0.3, -0.25) is 14.8 Å². The molecule has 1 N–H and O–H groups in total. The first kappa shape index (κ1) is 13.7. The number of carbonyl (C=O) groups is 1. The van der Waals surface area contributed by atoms with Crippen LogP contribution in [0.4, 0.5) is 0 Å². The summed E-state index contributed by atoms with van der Waals surface area (Å²) in [7, 11) is 0. The van der Waals surface area contributed by atoms with Gasteiger partial charge in [0.2, 0.25) is 0 Å². The van der Waals surface area contributed by atoms with Crippen molar-refractivity contribution < 1.29 is 9.69 Å². The van der Waals surface area contributed by atoms with Crippen molar-refractivity contribution in [1.82, 2.24) is 14.9 Å². The molecule has 0 radical (unpaired) electrons. The SMILES string of the molecule is O=C(c1ccncc1)N1CC[NH+](Cc2ccncc2)CC1. The molecule has 0 saturated carbocycles. The topological polar surface area (TPSA) is 50.5 Å². The standard InChI is InChI=1S/C16H18N4O/c21-16(15-3-7-18-8-4-15)20-11-9-19(10-12-20)13-14-1-5-17-6-2-14/h1-8H,9-13H2/p+1. The van der Waals surface area contributed by atoms with Crippen LogP contribution >= 0.6 is 0 Å². The first-order valence-corrected chi connectivity index (χ1v) is 7.25. The molecule has 5 heteroatoms. The number of aromatic nitrogens is 2. The summed E-state index contributed by atoms with van der Waals surface area (Å²) >= 11 is 0. The molecular weight excluding hydrogens is 264 g/mol. The molecule has 108 valence electrons. The fourth-order valence-corrected chi connectivity index (χ4v) is 2.67. The number of hydrogen-bond donors (Lipinski definition) is 1. The number of piperazine rings is 1. The lowest BCUT2D eigenvalue weighted by Crippen LogP contribution is -3.13. The second-order valence-electron chi connectivity index (χ2n) is 5.31. The maximum Gasteiger partial charge on any atom is 0.254 e. The zero-order valence-corrected chi connectivity index (χ0v) is 11.9. The van der Waals surface area contributed by atoms with E-state index in [1.807, 2.05) is 17.3 Å². The highest BCUT2D eigenvalue weighted by Gasteiger charge is 2.24. The van der Waals surface area contributed by atoms with Crippen molar-refractivity contribution in [1.29, 1.82) is 0 Å². The van der Waals surface area contributed by atoms with Crippen LogP contribution in [0.3, 0.4) is 0 Å². The lowest BCUT2D eigenvalue weighted by Gasteiger charge is -2.32. The number of amides is 1. The fraction of sp³-hybridized carbons (Fsp3) is 0.312. The Bertz CT molecular complexity index is 580. The van der Waals surface area contributed by atoms with Crippen LogP contribution < -0.4 is 4.90 Å². The van der Waals surface area contributed by atoms with E-state index in [1.165, 1.54) is 10.5 Å². The highest BCUT2D eigenvalue weighted by molar-refractivity contribution is 5.94. The molecule has 2 aromatic heterocycles. The minimum absolute atomic E-state index is 0.111. The fourth-order valence-electron chi connectivity index (χ4n) is 2.67. The minimum atomic E-state index is 0.111. The summed E-state index contributed by atoms with van der Waals surface area (Å²) in [5.74, 6) is 0.111. The van der Waals surface area contributed by atoms with E-state index in [0.717, 1.165) is 38.3 Å². The van der Waals surface area contributed by atoms with Crippen molar-refractivity contribution in [2.75, 3.05) is 26.2 Å². The smallest absolute Gasteiger partial charge is 0.254 e. The predicted molar refractivity (Wildman–Crippen MR) is 78.8 cm³/mol. The highest BCUT2D eigenvalue weighted by Crippen LogP contribution is 2.04. The second kappa shape index (κ2) is 6.45. The summed E-state index contributed by atoms with van der Waals surface area (Å²) in [4.78, 5) is 23.8. The van der Waals surface area contributed by atoms with Gasteiger partial charge in [-0.2, -0.15) is 0 Å². The number of carbonyl (C=O) groups excluding carboxylic acids is 1. The number of nitrogens with zero attached hydrogens (tertiary/aromatic N) is 3. The number of quaternary nitrogens is 1. The van der Waals surface area contributed by atoms with E-state index >= 15 is 0 Å². The average Bonchev–Trinajstić information content (AvgIpc) is 2.57. The van der Waals surface area contributed by atoms with Gasteiger partial charge in [0.15, 0.2) is 0 Å². The predicted octanol–water partition coefficient (Wildman–Crippen LogP) is 0.0175. The molecular formula is C16H19N4O+. The molecule has 0 unspecified atom stereocenters. The maximum atomic E-state index is 12.3. The molecule has 1 aliphatic rings. The number of pyridine rings is 2. The van der Waals surface area contributed by atoms with Crippen LogP contribution in [0, 0.1) is 0 Å². The van der Waals surface area contributed by atoms with Crippen molar-refractivity contribution in [3.05, 3.63) is 60.2 Å². The van der Waals surface area contributed by atoms with Crippen molar-refractivity contribution in [3.8, 4) is 0 Å². The normalized spacial score (nSPS) is 15.9. The number of nitrogens with one attached hydrogen (secondary N) is 1. The monoisotopic (exact) mass is 283 g/mol. The van der Waals surface area contributed by atoms with Crippen molar-refractivity contribution in [2.24, 2.45) is 0 Å². The van der Waals surface area contributed by atoms with Gasteiger partial charge in [0, 0.05) is 35.9 Å². The van der Waals surface area contributed by atoms with Gasteiger partial charge in [-0.15, -0.1) is 0 Å². The second-order valence-corrected chi connectivity index (χ2v) is 5.31. The van der Waals surface area contributed by atoms with E-state index in [1.54, 1.807) is 24.5 Å². The van der Waals surface area contributed by atoms with Gasteiger partial charge in [0.1, 0.15) is 6.54 Å². The van der Waals surface area contributed by atoms with Crippen LogP contribution in [0.5, 0.6) is 0 Å². The molecule has 1 amide bonds. The molecule has 3 heterocycles. The summed E-state index contributed by atoms with van der Waals surface area (Å²) in [6.45, 7) is 4.58. The number of hydrogen-bond acceptors (Lipinski definition) is 3.